The zero-order valence-electron chi connectivity index (χ0n) is 12.6. The lowest BCUT2D eigenvalue weighted by Crippen LogP contribution is -2.35. The first-order chi connectivity index (χ1) is 9.97. The number of anilines is 1. The molecule has 0 radical (unpaired) electrons. The quantitative estimate of drug-likeness (QED) is 0.619. The Kier molecular flexibility index (Phi) is 5.61. The monoisotopic (exact) mass is 311 g/mol. The summed E-state index contributed by atoms with van der Waals surface area (Å²) in [7, 11) is -3.44. The fourth-order valence-corrected chi connectivity index (χ4v) is 3.69. The van der Waals surface area contributed by atoms with E-state index in [1.807, 2.05) is 0 Å². The lowest BCUT2D eigenvalue weighted by atomic mass is 9.99. The molecule has 0 unspecified atom stereocenters. The number of piperidine rings is 1. The van der Waals surface area contributed by atoms with Crippen LogP contribution < -0.4 is 10.5 Å². The molecule has 21 heavy (non-hydrogen) atoms. The number of rotatable bonds is 6. The zero-order valence-corrected chi connectivity index (χ0v) is 13.4. The lowest BCUT2D eigenvalue weighted by Gasteiger charge is -2.30. The first kappa shape index (κ1) is 16.3. The van der Waals surface area contributed by atoms with Gasteiger partial charge in [-0.1, -0.05) is 13.0 Å². The van der Waals surface area contributed by atoms with Crippen LogP contribution in [0, 0.1) is 5.92 Å². The number of hydrogen-bond acceptors (Lipinski definition) is 4. The largest absolute Gasteiger partial charge is 0.399 e. The molecule has 0 bridgehead atoms. The van der Waals surface area contributed by atoms with E-state index in [-0.39, 0.29) is 4.90 Å². The number of likely N-dealkylation sites (tertiary alicyclic amines) is 1. The fourth-order valence-electron chi connectivity index (χ4n) is 2.56. The highest BCUT2D eigenvalue weighted by Gasteiger charge is 2.16. The molecular formula is C15H25N3O2S. The molecule has 118 valence electrons. The molecule has 5 nitrogen and oxygen atoms in total. The van der Waals surface area contributed by atoms with Gasteiger partial charge >= 0.3 is 0 Å². The van der Waals surface area contributed by atoms with Crippen LogP contribution in [0.5, 0.6) is 0 Å². The van der Waals surface area contributed by atoms with Gasteiger partial charge in [0.2, 0.25) is 10.0 Å². The Bertz CT molecular complexity index is 552. The van der Waals surface area contributed by atoms with Gasteiger partial charge in [0.25, 0.3) is 0 Å². The standard InChI is InChI=1S/C15H25N3O2S/c1-13-6-10-18(11-7-13)9-3-8-17-21(19,20)15-5-2-4-14(16)12-15/h2,4-5,12-13,17H,3,6-11,16H2,1H3. The van der Waals surface area contributed by atoms with Crippen molar-refractivity contribution < 1.29 is 8.42 Å². The van der Waals surface area contributed by atoms with Crippen molar-refractivity contribution in [3.05, 3.63) is 24.3 Å². The van der Waals surface area contributed by atoms with Crippen LogP contribution in [0.15, 0.2) is 29.2 Å². The third kappa shape index (κ3) is 4.98. The second-order valence-corrected chi connectivity index (χ2v) is 7.61. The molecule has 1 fully saturated rings. The molecule has 0 amide bonds. The molecule has 1 aliphatic rings. The predicted molar refractivity (Wildman–Crippen MR) is 85.5 cm³/mol. The van der Waals surface area contributed by atoms with Crippen molar-refractivity contribution in [2.24, 2.45) is 5.92 Å². The summed E-state index contributed by atoms with van der Waals surface area (Å²) in [5.74, 6) is 0.822. The van der Waals surface area contributed by atoms with Crippen molar-refractivity contribution in [2.45, 2.75) is 31.1 Å². The maximum Gasteiger partial charge on any atom is 0.240 e. The molecule has 0 spiro atoms. The molecule has 3 N–H and O–H groups in total. The maximum atomic E-state index is 12.1. The van der Waals surface area contributed by atoms with Crippen molar-refractivity contribution >= 4 is 15.7 Å². The molecule has 1 heterocycles. The van der Waals surface area contributed by atoms with Crippen molar-refractivity contribution in [1.82, 2.24) is 9.62 Å². The Morgan fingerprint density at radius 1 is 1.33 bits per heavy atom. The van der Waals surface area contributed by atoms with E-state index in [1.165, 1.54) is 18.9 Å². The number of nitrogens with zero attached hydrogens (tertiary/aromatic N) is 1. The lowest BCUT2D eigenvalue weighted by molar-refractivity contribution is 0.191. The Morgan fingerprint density at radius 2 is 2.05 bits per heavy atom. The van der Waals surface area contributed by atoms with E-state index in [0.29, 0.717) is 12.2 Å². The number of nitrogens with one attached hydrogen (secondary N) is 1. The first-order valence-electron chi connectivity index (χ1n) is 7.55. The van der Waals surface area contributed by atoms with Gasteiger partial charge in [0, 0.05) is 12.2 Å². The first-order valence-corrected chi connectivity index (χ1v) is 9.03. The highest BCUT2D eigenvalue weighted by molar-refractivity contribution is 7.89. The molecule has 0 atom stereocenters. The van der Waals surface area contributed by atoms with E-state index in [2.05, 4.69) is 16.5 Å². The summed E-state index contributed by atoms with van der Waals surface area (Å²) in [6, 6.07) is 6.37. The molecule has 1 aliphatic heterocycles. The average molecular weight is 311 g/mol. The molecule has 0 saturated carbocycles. The Hall–Kier alpha value is -1.11. The molecule has 1 aromatic rings. The van der Waals surface area contributed by atoms with Crippen LogP contribution in [-0.4, -0.2) is 39.5 Å². The SMILES string of the molecule is CC1CCN(CCCNS(=O)(=O)c2cccc(N)c2)CC1. The highest BCUT2D eigenvalue weighted by atomic mass is 32.2. The van der Waals surface area contributed by atoms with Gasteiger partial charge < -0.3 is 10.6 Å². The van der Waals surface area contributed by atoms with Gasteiger partial charge in [-0.25, -0.2) is 13.1 Å². The summed E-state index contributed by atoms with van der Waals surface area (Å²) in [6.07, 6.45) is 3.32. The minimum atomic E-state index is -3.44. The van der Waals surface area contributed by atoms with Crippen molar-refractivity contribution in [3.8, 4) is 0 Å². The van der Waals surface area contributed by atoms with Crippen molar-refractivity contribution in [3.63, 3.8) is 0 Å². The van der Waals surface area contributed by atoms with Gasteiger partial charge in [-0.05, 0) is 63.0 Å². The molecule has 0 aliphatic carbocycles. The summed E-state index contributed by atoms with van der Waals surface area (Å²) in [6.45, 7) is 5.96. The molecular weight excluding hydrogens is 286 g/mol. The van der Waals surface area contributed by atoms with E-state index < -0.39 is 10.0 Å². The Morgan fingerprint density at radius 3 is 2.71 bits per heavy atom. The number of nitrogens with two attached hydrogens (primary N) is 1. The molecule has 6 heteroatoms. The average Bonchev–Trinajstić information content (AvgIpc) is 2.45. The van der Waals surface area contributed by atoms with Crippen LogP contribution in [0.2, 0.25) is 0 Å². The minimum absolute atomic E-state index is 0.231. The highest BCUT2D eigenvalue weighted by Crippen LogP contribution is 2.16. The summed E-state index contributed by atoms with van der Waals surface area (Å²) >= 11 is 0. The molecule has 2 rings (SSSR count). The van der Waals surface area contributed by atoms with Gasteiger partial charge in [0.1, 0.15) is 0 Å². The van der Waals surface area contributed by atoms with Crippen LogP contribution in [0.3, 0.4) is 0 Å². The number of nitrogen functional groups attached to an aromatic ring is 1. The van der Waals surface area contributed by atoms with E-state index in [1.54, 1.807) is 18.2 Å². The van der Waals surface area contributed by atoms with Gasteiger partial charge in [0.05, 0.1) is 4.90 Å². The van der Waals surface area contributed by atoms with Crippen LogP contribution in [0.25, 0.3) is 0 Å². The van der Waals surface area contributed by atoms with E-state index in [4.69, 9.17) is 5.73 Å². The second-order valence-electron chi connectivity index (χ2n) is 5.85. The maximum absolute atomic E-state index is 12.1. The van der Waals surface area contributed by atoms with Crippen molar-refractivity contribution in [1.29, 1.82) is 0 Å². The Balaban J connectivity index is 1.75. The fraction of sp³-hybridized carbons (Fsp3) is 0.600. The summed E-state index contributed by atoms with van der Waals surface area (Å²) in [5.41, 5.74) is 6.08. The topological polar surface area (TPSA) is 75.4 Å². The van der Waals surface area contributed by atoms with Crippen LogP contribution in [0.4, 0.5) is 5.69 Å². The van der Waals surface area contributed by atoms with Gasteiger partial charge in [-0.3, -0.25) is 0 Å². The summed E-state index contributed by atoms with van der Waals surface area (Å²) in [4.78, 5) is 2.64. The molecule has 0 aromatic heterocycles. The zero-order chi connectivity index (χ0) is 15.3. The van der Waals surface area contributed by atoms with E-state index in [9.17, 15) is 8.42 Å². The predicted octanol–water partition coefficient (Wildman–Crippen LogP) is 1.67. The molecule has 1 aromatic carbocycles. The van der Waals surface area contributed by atoms with Crippen LogP contribution in [0.1, 0.15) is 26.2 Å². The van der Waals surface area contributed by atoms with E-state index in [0.717, 1.165) is 32.0 Å². The van der Waals surface area contributed by atoms with Gasteiger partial charge in [0.15, 0.2) is 0 Å². The Labute approximate surface area is 127 Å². The smallest absolute Gasteiger partial charge is 0.240 e. The normalized spacial score (nSPS) is 18.0. The summed E-state index contributed by atoms with van der Waals surface area (Å²) in [5, 5.41) is 0. The third-order valence-electron chi connectivity index (χ3n) is 3.99. The number of hydrogen-bond donors (Lipinski definition) is 2. The van der Waals surface area contributed by atoms with Crippen LogP contribution >= 0.6 is 0 Å². The third-order valence-corrected chi connectivity index (χ3v) is 5.45. The minimum Gasteiger partial charge on any atom is -0.399 e. The van der Waals surface area contributed by atoms with E-state index >= 15 is 0 Å². The number of benzene rings is 1. The number of sulfonamides is 1. The summed E-state index contributed by atoms with van der Waals surface area (Å²) < 4.78 is 26.8. The second kappa shape index (κ2) is 7.24. The van der Waals surface area contributed by atoms with Crippen LogP contribution in [-0.2, 0) is 10.0 Å². The van der Waals surface area contributed by atoms with Gasteiger partial charge in [-0.15, -0.1) is 0 Å². The van der Waals surface area contributed by atoms with Gasteiger partial charge in [-0.2, -0.15) is 0 Å². The molecule has 1 saturated heterocycles. The van der Waals surface area contributed by atoms with Crippen molar-refractivity contribution in [2.75, 3.05) is 31.9 Å².